The molecule has 1 heterocycles. The maximum absolute atomic E-state index is 11.5. The van der Waals surface area contributed by atoms with Gasteiger partial charge < -0.3 is 10.6 Å². The first-order valence-corrected chi connectivity index (χ1v) is 6.83. The van der Waals surface area contributed by atoms with E-state index in [4.69, 9.17) is 5.73 Å². The van der Waals surface area contributed by atoms with Crippen LogP contribution in [0.3, 0.4) is 0 Å². The predicted molar refractivity (Wildman–Crippen MR) is 65.2 cm³/mol. The fourth-order valence-electron chi connectivity index (χ4n) is 1.56. The molecule has 0 amide bonds. The number of hydrogen-bond acceptors (Lipinski definition) is 4. The summed E-state index contributed by atoms with van der Waals surface area (Å²) in [5, 5.41) is -0.265. The molecule has 15 heavy (non-hydrogen) atoms. The van der Waals surface area contributed by atoms with Crippen LogP contribution in [0.4, 0.5) is 0 Å². The maximum Gasteiger partial charge on any atom is 0.153 e. The first-order chi connectivity index (χ1) is 6.42. The molecule has 0 aromatic heterocycles. The summed E-state index contributed by atoms with van der Waals surface area (Å²) in [5.41, 5.74) is 5.73. The van der Waals surface area contributed by atoms with Crippen molar-refractivity contribution in [2.45, 2.75) is 31.6 Å². The van der Waals surface area contributed by atoms with E-state index >= 15 is 0 Å². The van der Waals surface area contributed by atoms with Gasteiger partial charge in [0.15, 0.2) is 9.84 Å². The Morgan fingerprint density at radius 1 is 1.47 bits per heavy atom. The Labute approximate surface area is 98.5 Å². The van der Waals surface area contributed by atoms with Crippen molar-refractivity contribution in [3.63, 3.8) is 0 Å². The zero-order valence-corrected chi connectivity index (χ0v) is 11.0. The van der Waals surface area contributed by atoms with Crippen LogP contribution in [0.15, 0.2) is 0 Å². The molecule has 1 aliphatic rings. The molecule has 1 fully saturated rings. The molecule has 2 N–H and O–H groups in total. The molecule has 1 aliphatic heterocycles. The van der Waals surface area contributed by atoms with Crippen LogP contribution in [-0.4, -0.2) is 50.0 Å². The van der Waals surface area contributed by atoms with Crippen LogP contribution < -0.4 is 5.73 Å². The van der Waals surface area contributed by atoms with E-state index in [-0.39, 0.29) is 29.5 Å². The van der Waals surface area contributed by atoms with E-state index in [1.54, 1.807) is 13.8 Å². The molecule has 0 spiro atoms. The average molecular weight is 257 g/mol. The lowest BCUT2D eigenvalue weighted by molar-refractivity contribution is 0.354. The van der Waals surface area contributed by atoms with Gasteiger partial charge in [0.2, 0.25) is 0 Å². The minimum atomic E-state index is -2.89. The largest absolute Gasteiger partial charge is 0.326 e. The summed E-state index contributed by atoms with van der Waals surface area (Å²) in [7, 11) is -2.89. The molecule has 1 rings (SSSR count). The molecule has 0 aromatic carbocycles. The second kappa shape index (κ2) is 6.03. The third kappa shape index (κ3) is 4.68. The fraction of sp³-hybridized carbons (Fsp3) is 1.00. The highest BCUT2D eigenvalue weighted by Crippen LogP contribution is 2.08. The molecular formula is C9H21ClN2O2S. The maximum atomic E-state index is 11.5. The molecule has 0 unspecified atom stereocenters. The molecule has 0 saturated carbocycles. The molecule has 4 nitrogen and oxygen atoms in total. The zero-order chi connectivity index (χ0) is 10.8. The quantitative estimate of drug-likeness (QED) is 0.784. The zero-order valence-electron chi connectivity index (χ0n) is 9.35. The molecule has 6 heteroatoms. The molecule has 0 radical (unpaired) electrons. The Kier molecular flexibility index (Phi) is 6.10. The number of nitrogens with two attached hydrogens (primary N) is 1. The summed E-state index contributed by atoms with van der Waals surface area (Å²) in [5.74, 6) is 0.261. The third-order valence-electron chi connectivity index (χ3n) is 2.72. The molecule has 1 atom stereocenters. The predicted octanol–water partition coefficient (Wildman–Crippen LogP) is 0.264. The smallest absolute Gasteiger partial charge is 0.153 e. The number of likely N-dealkylation sites (tertiary alicyclic amines) is 1. The Bertz CT molecular complexity index is 280. The molecule has 0 aromatic rings. The van der Waals surface area contributed by atoms with Crippen molar-refractivity contribution in [3.05, 3.63) is 0 Å². The molecule has 0 aliphatic carbocycles. The number of sulfone groups is 1. The summed E-state index contributed by atoms with van der Waals surface area (Å²) >= 11 is 0. The van der Waals surface area contributed by atoms with Gasteiger partial charge in [-0.25, -0.2) is 8.42 Å². The van der Waals surface area contributed by atoms with Crippen molar-refractivity contribution in [1.29, 1.82) is 0 Å². The standard InChI is InChI=1S/C9H20N2O2S.ClH/c1-8(2)14(12,13)6-5-11-4-3-9(10)7-11;/h8-9H,3-7,10H2,1-2H3;1H/t9-;/m1./s1. The van der Waals surface area contributed by atoms with Crippen LogP contribution in [0.5, 0.6) is 0 Å². The topological polar surface area (TPSA) is 63.4 Å². The molecule has 0 bridgehead atoms. The number of rotatable bonds is 4. The molecule has 1 saturated heterocycles. The van der Waals surface area contributed by atoms with E-state index in [0.29, 0.717) is 6.54 Å². The van der Waals surface area contributed by atoms with E-state index in [0.717, 1.165) is 19.5 Å². The number of nitrogens with zero attached hydrogens (tertiary/aromatic N) is 1. The van der Waals surface area contributed by atoms with Crippen LogP contribution in [0.2, 0.25) is 0 Å². The number of halogens is 1. The first kappa shape index (κ1) is 15.2. The first-order valence-electron chi connectivity index (χ1n) is 5.11. The van der Waals surface area contributed by atoms with E-state index in [9.17, 15) is 8.42 Å². The highest BCUT2D eigenvalue weighted by Gasteiger charge is 2.22. The third-order valence-corrected chi connectivity index (χ3v) is 4.91. The highest BCUT2D eigenvalue weighted by atomic mass is 35.5. The van der Waals surface area contributed by atoms with Gasteiger partial charge in [-0.15, -0.1) is 12.4 Å². The molecular weight excluding hydrogens is 236 g/mol. The normalized spacial score (nSPS) is 23.1. The van der Waals surface area contributed by atoms with E-state index in [1.807, 2.05) is 0 Å². The van der Waals surface area contributed by atoms with Crippen LogP contribution in [-0.2, 0) is 9.84 Å². The number of hydrogen-bond donors (Lipinski definition) is 1. The van der Waals surface area contributed by atoms with E-state index in [1.165, 1.54) is 0 Å². The van der Waals surface area contributed by atoms with Crippen molar-refractivity contribution in [3.8, 4) is 0 Å². The Balaban J connectivity index is 0.00000196. The van der Waals surface area contributed by atoms with Gasteiger partial charge in [-0.2, -0.15) is 0 Å². The van der Waals surface area contributed by atoms with Gasteiger partial charge in [-0.3, -0.25) is 0 Å². The average Bonchev–Trinajstić information content (AvgIpc) is 2.48. The Morgan fingerprint density at radius 2 is 2.07 bits per heavy atom. The second-order valence-corrected chi connectivity index (χ2v) is 6.94. The SMILES string of the molecule is CC(C)S(=O)(=O)CCN1CC[C@@H](N)C1.Cl. The minimum absolute atomic E-state index is 0. The van der Waals surface area contributed by atoms with Gasteiger partial charge in [-0.1, -0.05) is 0 Å². The van der Waals surface area contributed by atoms with Gasteiger partial charge in [0.05, 0.1) is 11.0 Å². The van der Waals surface area contributed by atoms with Gasteiger partial charge in [0.25, 0.3) is 0 Å². The van der Waals surface area contributed by atoms with Gasteiger partial charge in [-0.05, 0) is 26.8 Å². The van der Waals surface area contributed by atoms with Crippen LogP contribution in [0, 0.1) is 0 Å². The summed E-state index contributed by atoms with van der Waals surface area (Å²) in [6.07, 6.45) is 0.988. The highest BCUT2D eigenvalue weighted by molar-refractivity contribution is 7.92. The summed E-state index contributed by atoms with van der Waals surface area (Å²) in [4.78, 5) is 2.13. The van der Waals surface area contributed by atoms with Crippen molar-refractivity contribution in [1.82, 2.24) is 4.90 Å². The van der Waals surface area contributed by atoms with Crippen LogP contribution in [0.1, 0.15) is 20.3 Å². The summed E-state index contributed by atoms with van der Waals surface area (Å²) < 4.78 is 23.0. The van der Waals surface area contributed by atoms with Crippen molar-refractivity contribution in [2.24, 2.45) is 5.73 Å². The van der Waals surface area contributed by atoms with E-state index in [2.05, 4.69) is 4.90 Å². The monoisotopic (exact) mass is 256 g/mol. The lowest BCUT2D eigenvalue weighted by atomic mass is 10.3. The van der Waals surface area contributed by atoms with Crippen molar-refractivity contribution in [2.75, 3.05) is 25.4 Å². The Hall–Kier alpha value is 0.160. The van der Waals surface area contributed by atoms with Crippen LogP contribution >= 0.6 is 12.4 Å². The second-order valence-electron chi connectivity index (χ2n) is 4.27. The summed E-state index contributed by atoms with van der Waals surface area (Å²) in [6, 6.07) is 0.233. The van der Waals surface area contributed by atoms with Crippen molar-refractivity contribution >= 4 is 22.2 Å². The lowest BCUT2D eigenvalue weighted by Gasteiger charge is -2.15. The lowest BCUT2D eigenvalue weighted by Crippen LogP contribution is -2.32. The van der Waals surface area contributed by atoms with Crippen molar-refractivity contribution < 1.29 is 8.42 Å². The van der Waals surface area contributed by atoms with Gasteiger partial charge in [0, 0.05) is 19.1 Å². The minimum Gasteiger partial charge on any atom is -0.326 e. The van der Waals surface area contributed by atoms with Crippen LogP contribution in [0.25, 0.3) is 0 Å². The van der Waals surface area contributed by atoms with Gasteiger partial charge >= 0.3 is 0 Å². The molecule has 92 valence electrons. The fourth-order valence-corrected chi connectivity index (χ4v) is 2.54. The Morgan fingerprint density at radius 3 is 2.47 bits per heavy atom. The van der Waals surface area contributed by atoms with E-state index < -0.39 is 9.84 Å². The summed E-state index contributed by atoms with van der Waals surface area (Å²) in [6.45, 7) is 5.87. The van der Waals surface area contributed by atoms with Gasteiger partial charge in [0.1, 0.15) is 0 Å².